The molecule has 0 rings (SSSR count). The predicted molar refractivity (Wildman–Crippen MR) is 52.0 cm³/mol. The van der Waals surface area contributed by atoms with E-state index >= 15 is 0 Å². The third-order valence-electron chi connectivity index (χ3n) is 1.78. The number of carboxylic acid groups (broad SMARTS) is 2. The van der Waals surface area contributed by atoms with Crippen LogP contribution in [0.1, 0.15) is 12.8 Å². The van der Waals surface area contributed by atoms with E-state index in [2.05, 4.69) is 0 Å². The maximum absolute atomic E-state index is 11.3. The molecule has 8 heteroatoms. The molecule has 15 heavy (non-hydrogen) atoms. The van der Waals surface area contributed by atoms with E-state index in [1.807, 2.05) is 0 Å². The van der Waals surface area contributed by atoms with Gasteiger partial charge in [-0.1, -0.05) is 0 Å². The molecule has 0 bridgehead atoms. The Morgan fingerprint density at radius 2 is 1.80 bits per heavy atom. The molecule has 88 valence electrons. The van der Waals surface area contributed by atoms with Gasteiger partial charge >= 0.3 is 11.9 Å². The van der Waals surface area contributed by atoms with Crippen LogP contribution in [0.25, 0.3) is 0 Å². The summed E-state index contributed by atoms with van der Waals surface area (Å²) >= 11 is 0. The summed E-state index contributed by atoms with van der Waals surface area (Å²) in [5.74, 6) is -2.40. The lowest BCUT2D eigenvalue weighted by Crippen LogP contribution is -2.31. The number of carbonyl (C=O) groups is 2. The molecule has 7 nitrogen and oxygen atoms in total. The average molecular weight is 239 g/mol. The summed E-state index contributed by atoms with van der Waals surface area (Å²) in [5, 5.41) is 16.7. The third kappa shape index (κ3) is 7.07. The van der Waals surface area contributed by atoms with Crippen molar-refractivity contribution in [3.8, 4) is 0 Å². The molecular formula is C7H14NO6P. The lowest BCUT2D eigenvalue weighted by molar-refractivity contribution is -0.139. The highest BCUT2D eigenvalue weighted by molar-refractivity contribution is 7.58. The number of nitrogens with two attached hydrogens (primary N) is 1. The van der Waals surface area contributed by atoms with Crippen LogP contribution in [-0.4, -0.2) is 45.4 Å². The van der Waals surface area contributed by atoms with Crippen molar-refractivity contribution in [3.63, 3.8) is 0 Å². The van der Waals surface area contributed by atoms with Crippen LogP contribution in [0, 0.1) is 0 Å². The molecule has 0 fully saturated rings. The smallest absolute Gasteiger partial charge is 0.320 e. The van der Waals surface area contributed by atoms with Crippen molar-refractivity contribution in [3.05, 3.63) is 0 Å². The molecule has 0 aromatic carbocycles. The fraction of sp³-hybridized carbons (Fsp3) is 0.714. The van der Waals surface area contributed by atoms with E-state index in [1.54, 1.807) is 0 Å². The van der Waals surface area contributed by atoms with Gasteiger partial charge in [0.25, 0.3) is 0 Å². The van der Waals surface area contributed by atoms with Crippen LogP contribution in [-0.2, 0) is 14.2 Å². The Hall–Kier alpha value is -0.910. The molecule has 1 unspecified atom stereocenters. The number of hydrogen-bond acceptors (Lipinski definition) is 4. The van der Waals surface area contributed by atoms with Gasteiger partial charge in [0.1, 0.15) is 6.04 Å². The van der Waals surface area contributed by atoms with Gasteiger partial charge in [-0.05, 0) is 6.42 Å². The summed E-state index contributed by atoms with van der Waals surface area (Å²) in [4.78, 5) is 29.7. The van der Waals surface area contributed by atoms with Crippen molar-refractivity contribution in [2.45, 2.75) is 18.9 Å². The Bertz CT molecular complexity index is 291. The molecule has 0 heterocycles. The van der Waals surface area contributed by atoms with E-state index < -0.39 is 31.8 Å². The minimum absolute atomic E-state index is 0.136. The SMILES string of the molecule is N[C@@H](CCP(=O)(O)CCC(=O)O)C(=O)O. The zero-order chi connectivity index (χ0) is 12.1. The summed E-state index contributed by atoms with van der Waals surface area (Å²) < 4.78 is 11.3. The second-order valence-electron chi connectivity index (χ2n) is 3.17. The third-order valence-corrected chi connectivity index (χ3v) is 3.66. The zero-order valence-corrected chi connectivity index (χ0v) is 8.89. The van der Waals surface area contributed by atoms with E-state index in [0.717, 1.165) is 0 Å². The van der Waals surface area contributed by atoms with Crippen LogP contribution in [0.15, 0.2) is 0 Å². The quantitative estimate of drug-likeness (QED) is 0.440. The van der Waals surface area contributed by atoms with Gasteiger partial charge in [-0.3, -0.25) is 14.2 Å². The van der Waals surface area contributed by atoms with E-state index in [-0.39, 0.29) is 18.7 Å². The first kappa shape index (κ1) is 14.1. The van der Waals surface area contributed by atoms with Gasteiger partial charge in [0.2, 0.25) is 7.37 Å². The highest BCUT2D eigenvalue weighted by Crippen LogP contribution is 2.41. The standard InChI is InChI=1S/C7H14NO6P/c8-5(7(11)12)1-3-15(13,14)4-2-6(9)10/h5H,1-4,8H2,(H,9,10)(H,11,12)(H,13,14)/t5-/m0/s1. The fourth-order valence-electron chi connectivity index (χ4n) is 0.846. The summed E-state index contributed by atoms with van der Waals surface area (Å²) in [6, 6.07) is -1.18. The van der Waals surface area contributed by atoms with Crippen LogP contribution in [0.5, 0.6) is 0 Å². The molecule has 5 N–H and O–H groups in total. The molecule has 0 aliphatic rings. The summed E-state index contributed by atoms with van der Waals surface area (Å²) in [6.07, 6.45) is -1.17. The van der Waals surface area contributed by atoms with Gasteiger partial charge in [-0.25, -0.2) is 0 Å². The van der Waals surface area contributed by atoms with E-state index in [4.69, 9.17) is 15.9 Å². The van der Waals surface area contributed by atoms with Gasteiger partial charge in [-0.2, -0.15) is 0 Å². The first-order valence-electron chi connectivity index (χ1n) is 4.25. The van der Waals surface area contributed by atoms with Crippen molar-refractivity contribution >= 4 is 19.3 Å². The fourth-order valence-corrected chi connectivity index (χ4v) is 2.29. The number of carboxylic acids is 2. The summed E-state index contributed by atoms with van der Waals surface area (Å²) in [6.45, 7) is 0. The molecule has 0 spiro atoms. The Morgan fingerprint density at radius 3 is 2.20 bits per heavy atom. The van der Waals surface area contributed by atoms with Crippen molar-refractivity contribution in [1.82, 2.24) is 0 Å². The van der Waals surface area contributed by atoms with E-state index in [9.17, 15) is 19.0 Å². The normalized spacial score (nSPS) is 16.7. The maximum atomic E-state index is 11.3. The van der Waals surface area contributed by atoms with Crippen LogP contribution in [0.2, 0.25) is 0 Å². The van der Waals surface area contributed by atoms with E-state index in [0.29, 0.717) is 0 Å². The second kappa shape index (κ2) is 5.85. The lowest BCUT2D eigenvalue weighted by atomic mass is 10.2. The topological polar surface area (TPSA) is 138 Å². The van der Waals surface area contributed by atoms with Crippen molar-refractivity contribution in [1.29, 1.82) is 0 Å². The monoisotopic (exact) mass is 239 g/mol. The lowest BCUT2D eigenvalue weighted by Gasteiger charge is -2.11. The molecule has 0 saturated carbocycles. The Morgan fingerprint density at radius 1 is 1.27 bits per heavy atom. The van der Waals surface area contributed by atoms with Gasteiger partial charge < -0.3 is 20.8 Å². The van der Waals surface area contributed by atoms with Crippen molar-refractivity contribution in [2.24, 2.45) is 5.73 Å². The second-order valence-corrected chi connectivity index (χ2v) is 5.76. The molecule has 0 aromatic rings. The average Bonchev–Trinajstić information content (AvgIpc) is 2.11. The van der Waals surface area contributed by atoms with E-state index in [1.165, 1.54) is 0 Å². The first-order chi connectivity index (χ1) is 6.74. The van der Waals surface area contributed by atoms with Gasteiger partial charge in [0.15, 0.2) is 0 Å². The predicted octanol–water partition coefficient (Wildman–Crippen LogP) is -0.466. The molecule has 0 radical (unpaired) electrons. The highest BCUT2D eigenvalue weighted by atomic mass is 31.2. The number of aliphatic carboxylic acids is 2. The van der Waals surface area contributed by atoms with Crippen LogP contribution in [0.4, 0.5) is 0 Å². The summed E-state index contributed by atoms with van der Waals surface area (Å²) in [7, 11) is -3.56. The minimum Gasteiger partial charge on any atom is -0.481 e. The minimum atomic E-state index is -3.56. The van der Waals surface area contributed by atoms with Crippen molar-refractivity contribution < 1.29 is 29.3 Å². The Kier molecular flexibility index (Phi) is 5.49. The van der Waals surface area contributed by atoms with Gasteiger partial charge in [0.05, 0.1) is 6.42 Å². The molecule has 0 aliphatic carbocycles. The zero-order valence-electron chi connectivity index (χ0n) is 8.00. The molecule has 0 aromatic heterocycles. The van der Waals surface area contributed by atoms with Gasteiger partial charge in [0, 0.05) is 12.3 Å². The Labute approximate surface area is 86.4 Å². The van der Waals surface area contributed by atoms with Crippen molar-refractivity contribution in [2.75, 3.05) is 12.3 Å². The molecule has 0 aliphatic heterocycles. The number of rotatable bonds is 7. The first-order valence-corrected chi connectivity index (χ1v) is 6.28. The van der Waals surface area contributed by atoms with Crippen LogP contribution < -0.4 is 5.73 Å². The molecule has 0 amide bonds. The molecule has 2 atom stereocenters. The van der Waals surface area contributed by atoms with Crippen LogP contribution >= 0.6 is 7.37 Å². The Balaban J connectivity index is 3.99. The van der Waals surface area contributed by atoms with Gasteiger partial charge in [-0.15, -0.1) is 0 Å². The highest BCUT2D eigenvalue weighted by Gasteiger charge is 2.22. The molecule has 0 saturated heterocycles. The largest absolute Gasteiger partial charge is 0.481 e. The van der Waals surface area contributed by atoms with Crippen LogP contribution in [0.3, 0.4) is 0 Å². The molecular weight excluding hydrogens is 225 g/mol. The maximum Gasteiger partial charge on any atom is 0.320 e. The number of hydrogen-bond donors (Lipinski definition) is 4. The summed E-state index contributed by atoms with van der Waals surface area (Å²) in [5.41, 5.74) is 5.13.